The fourth-order valence-corrected chi connectivity index (χ4v) is 3.60. The molecule has 0 radical (unpaired) electrons. The Labute approximate surface area is 183 Å². The van der Waals surface area contributed by atoms with E-state index in [9.17, 15) is 9.90 Å². The molecule has 0 spiro atoms. The minimum atomic E-state index is -0.982. The van der Waals surface area contributed by atoms with E-state index in [1.54, 1.807) is 20.3 Å². The molecule has 0 atom stereocenters. The monoisotopic (exact) mass is 420 g/mol. The van der Waals surface area contributed by atoms with Gasteiger partial charge in [-0.25, -0.2) is 4.79 Å². The highest BCUT2D eigenvalue weighted by molar-refractivity contribution is 5.91. The number of carbonyl (C=O) groups is 1. The number of aromatic carboxylic acids is 1. The lowest BCUT2D eigenvalue weighted by Gasteiger charge is -2.10. The summed E-state index contributed by atoms with van der Waals surface area (Å²) >= 11 is 0. The van der Waals surface area contributed by atoms with E-state index in [1.165, 1.54) is 23.8 Å². The lowest BCUT2D eigenvalue weighted by molar-refractivity contribution is 0.0693. The molecule has 0 saturated heterocycles. The van der Waals surface area contributed by atoms with E-state index in [1.807, 2.05) is 30.3 Å². The molecular weight excluding hydrogens is 392 g/mol. The van der Waals surface area contributed by atoms with Gasteiger partial charge >= 0.3 is 5.97 Å². The first-order chi connectivity index (χ1) is 15.0. The molecule has 3 rings (SSSR count). The summed E-state index contributed by atoms with van der Waals surface area (Å²) in [7, 11) is 4.81. The van der Waals surface area contributed by atoms with Gasteiger partial charge in [-0.1, -0.05) is 30.3 Å². The van der Waals surface area contributed by atoms with Crippen molar-refractivity contribution in [2.24, 2.45) is 0 Å². The number of rotatable bonds is 10. The first-order valence-corrected chi connectivity index (χ1v) is 10.2. The Morgan fingerprint density at radius 2 is 1.23 bits per heavy atom. The summed E-state index contributed by atoms with van der Waals surface area (Å²) in [6.07, 6.45) is 3.50. The second-order valence-electron chi connectivity index (χ2n) is 7.38. The maximum Gasteiger partial charge on any atom is 0.339 e. The zero-order valence-corrected chi connectivity index (χ0v) is 18.2. The van der Waals surface area contributed by atoms with Gasteiger partial charge in [0.05, 0.1) is 21.3 Å². The van der Waals surface area contributed by atoms with Gasteiger partial charge in [-0.3, -0.25) is 0 Å². The molecule has 31 heavy (non-hydrogen) atoms. The number of carboxylic acid groups (broad SMARTS) is 1. The van der Waals surface area contributed by atoms with Crippen molar-refractivity contribution >= 4 is 5.97 Å². The highest BCUT2D eigenvalue weighted by Gasteiger charge is 2.11. The Bertz CT molecular complexity index is 1020. The molecule has 3 aromatic rings. The van der Waals surface area contributed by atoms with E-state index >= 15 is 0 Å². The van der Waals surface area contributed by atoms with Crippen molar-refractivity contribution in [2.45, 2.75) is 25.7 Å². The lowest BCUT2D eigenvalue weighted by Crippen LogP contribution is -2.02. The molecule has 0 fully saturated rings. The number of hydrogen-bond donors (Lipinski definition) is 1. The minimum Gasteiger partial charge on any atom is -0.497 e. The molecule has 5 nitrogen and oxygen atoms in total. The van der Waals surface area contributed by atoms with Gasteiger partial charge in [-0.15, -0.1) is 0 Å². The van der Waals surface area contributed by atoms with Crippen LogP contribution in [0.3, 0.4) is 0 Å². The Kier molecular flexibility index (Phi) is 7.55. The van der Waals surface area contributed by atoms with Crippen LogP contribution in [0.4, 0.5) is 0 Å². The molecule has 0 aliphatic heterocycles. The summed E-state index contributed by atoms with van der Waals surface area (Å²) in [5.41, 5.74) is 4.94. The topological polar surface area (TPSA) is 65.0 Å². The van der Waals surface area contributed by atoms with Crippen LogP contribution < -0.4 is 14.2 Å². The molecular formula is C26H28O5. The normalized spacial score (nSPS) is 10.5. The molecule has 0 amide bonds. The largest absolute Gasteiger partial charge is 0.497 e. The standard InChI is InChI=1S/C26H28O5/c1-29-22-14-21(15-23(17-22)30-2)10-9-19-6-4-5-18(13-19)7-8-20-11-12-24(26(27)28)25(16-20)31-3/h4-6,11-17H,7-10H2,1-3H3,(H,27,28). The maximum absolute atomic E-state index is 11.3. The molecule has 0 aliphatic carbocycles. The summed E-state index contributed by atoms with van der Waals surface area (Å²) in [6.45, 7) is 0. The van der Waals surface area contributed by atoms with Gasteiger partial charge in [-0.05, 0) is 72.2 Å². The molecule has 5 heteroatoms. The van der Waals surface area contributed by atoms with Crippen molar-refractivity contribution in [2.75, 3.05) is 21.3 Å². The molecule has 162 valence electrons. The van der Waals surface area contributed by atoms with Crippen LogP contribution in [-0.2, 0) is 25.7 Å². The van der Waals surface area contributed by atoms with Gasteiger partial charge in [0.25, 0.3) is 0 Å². The van der Waals surface area contributed by atoms with Gasteiger partial charge < -0.3 is 19.3 Å². The second kappa shape index (κ2) is 10.5. The number of ether oxygens (including phenoxy) is 3. The summed E-state index contributed by atoms with van der Waals surface area (Å²) < 4.78 is 15.9. The quantitative estimate of drug-likeness (QED) is 0.501. The number of carboxylic acids is 1. The van der Waals surface area contributed by atoms with Crippen LogP contribution in [0.2, 0.25) is 0 Å². The fourth-order valence-electron chi connectivity index (χ4n) is 3.60. The first kappa shape index (κ1) is 22.2. The highest BCUT2D eigenvalue weighted by atomic mass is 16.5. The van der Waals surface area contributed by atoms with E-state index in [0.717, 1.165) is 42.7 Å². The minimum absolute atomic E-state index is 0.183. The zero-order chi connectivity index (χ0) is 22.2. The van der Waals surface area contributed by atoms with Gasteiger partial charge in [0.15, 0.2) is 0 Å². The average molecular weight is 421 g/mol. The van der Waals surface area contributed by atoms with Crippen molar-refractivity contribution in [3.8, 4) is 17.2 Å². The van der Waals surface area contributed by atoms with E-state index in [2.05, 4.69) is 24.3 Å². The third-order valence-electron chi connectivity index (χ3n) is 5.30. The van der Waals surface area contributed by atoms with Crippen molar-refractivity contribution < 1.29 is 24.1 Å². The fraction of sp³-hybridized carbons (Fsp3) is 0.269. The Balaban J connectivity index is 1.64. The van der Waals surface area contributed by atoms with Gasteiger partial charge in [0.2, 0.25) is 0 Å². The predicted molar refractivity (Wildman–Crippen MR) is 121 cm³/mol. The molecule has 3 aromatic carbocycles. The smallest absolute Gasteiger partial charge is 0.339 e. The van der Waals surface area contributed by atoms with Gasteiger partial charge in [0, 0.05) is 6.07 Å². The van der Waals surface area contributed by atoms with E-state index in [0.29, 0.717) is 5.75 Å². The molecule has 1 N–H and O–H groups in total. The third kappa shape index (κ3) is 6.01. The van der Waals surface area contributed by atoms with Crippen LogP contribution in [0.15, 0.2) is 60.7 Å². The molecule has 0 bridgehead atoms. The second-order valence-corrected chi connectivity index (χ2v) is 7.38. The van der Waals surface area contributed by atoms with Crippen molar-refractivity contribution in [3.05, 3.63) is 88.5 Å². The summed E-state index contributed by atoms with van der Waals surface area (Å²) in [6, 6.07) is 19.8. The van der Waals surface area contributed by atoms with Crippen LogP contribution in [0.1, 0.15) is 32.6 Å². The zero-order valence-electron chi connectivity index (χ0n) is 18.2. The predicted octanol–water partition coefficient (Wildman–Crippen LogP) is 4.98. The summed E-state index contributed by atoms with van der Waals surface area (Å²) in [5.74, 6) is 1.01. The Morgan fingerprint density at radius 3 is 1.74 bits per heavy atom. The van der Waals surface area contributed by atoms with Gasteiger partial charge in [0.1, 0.15) is 22.8 Å². The molecule has 0 aromatic heterocycles. The molecule has 0 saturated carbocycles. The summed E-state index contributed by atoms with van der Waals surface area (Å²) in [5, 5.41) is 9.22. The average Bonchev–Trinajstić information content (AvgIpc) is 2.81. The van der Waals surface area contributed by atoms with Crippen LogP contribution in [-0.4, -0.2) is 32.4 Å². The van der Waals surface area contributed by atoms with Gasteiger partial charge in [-0.2, -0.15) is 0 Å². The Morgan fingerprint density at radius 1 is 0.677 bits per heavy atom. The van der Waals surface area contributed by atoms with E-state index < -0.39 is 5.97 Å². The maximum atomic E-state index is 11.3. The molecule has 0 unspecified atom stereocenters. The van der Waals surface area contributed by atoms with Crippen LogP contribution in [0.25, 0.3) is 0 Å². The third-order valence-corrected chi connectivity index (χ3v) is 5.30. The van der Waals surface area contributed by atoms with Crippen LogP contribution in [0, 0.1) is 0 Å². The number of aryl methyl sites for hydroxylation is 4. The summed E-state index contributed by atoms with van der Waals surface area (Å²) in [4.78, 5) is 11.3. The van der Waals surface area contributed by atoms with Crippen LogP contribution in [0.5, 0.6) is 17.2 Å². The highest BCUT2D eigenvalue weighted by Crippen LogP contribution is 2.24. The number of hydrogen-bond acceptors (Lipinski definition) is 4. The molecule has 0 heterocycles. The van der Waals surface area contributed by atoms with Crippen molar-refractivity contribution in [3.63, 3.8) is 0 Å². The molecule has 0 aliphatic rings. The first-order valence-electron chi connectivity index (χ1n) is 10.2. The van der Waals surface area contributed by atoms with Crippen molar-refractivity contribution in [1.29, 1.82) is 0 Å². The number of benzene rings is 3. The van der Waals surface area contributed by atoms with E-state index in [4.69, 9.17) is 14.2 Å². The SMILES string of the molecule is COc1cc(CCc2cccc(CCc3ccc(C(=O)O)c(OC)c3)c2)cc(OC)c1. The van der Waals surface area contributed by atoms with Crippen LogP contribution >= 0.6 is 0 Å². The Hall–Kier alpha value is -3.47. The number of methoxy groups -OCH3 is 3. The van der Waals surface area contributed by atoms with E-state index in [-0.39, 0.29) is 5.56 Å². The van der Waals surface area contributed by atoms with Crippen molar-refractivity contribution in [1.82, 2.24) is 0 Å². The lowest BCUT2D eigenvalue weighted by atomic mass is 9.98.